The number of nitrogens with zero attached hydrogens (tertiary/aromatic N) is 5. The summed E-state index contributed by atoms with van der Waals surface area (Å²) in [5.74, 6) is 4.09. The highest BCUT2D eigenvalue weighted by Crippen LogP contribution is 2.28. The van der Waals surface area contributed by atoms with Gasteiger partial charge in [-0.1, -0.05) is 12.1 Å². The standard InChI is InChI=1S/C28H40N8/c1-3-4-12-28(32-33-28)13-18-36(21-23-8-7-9-25(20-23)34-14-5-6-15-34)24-10-16-35(17-11-24)26-19-22(2)30-27(29)31-26/h1,7-9,19-20,24,32-33H,4-6,10-18,21H2,2H3,(H2,29,30,31). The van der Waals surface area contributed by atoms with Gasteiger partial charge in [-0.15, -0.1) is 12.3 Å². The average Bonchev–Trinajstić information content (AvgIpc) is 3.43. The lowest BCUT2D eigenvalue weighted by atomic mass is 9.99. The third-order valence-corrected chi connectivity index (χ3v) is 7.93. The monoisotopic (exact) mass is 488 g/mol. The molecule has 192 valence electrons. The summed E-state index contributed by atoms with van der Waals surface area (Å²) in [6, 6.07) is 11.7. The van der Waals surface area contributed by atoms with Crippen molar-refractivity contribution in [2.24, 2.45) is 0 Å². The van der Waals surface area contributed by atoms with Crippen LogP contribution >= 0.6 is 0 Å². The van der Waals surface area contributed by atoms with Gasteiger partial charge in [-0.05, 0) is 63.1 Å². The van der Waals surface area contributed by atoms with Crippen molar-refractivity contribution in [1.82, 2.24) is 25.7 Å². The number of hydrazine groups is 1. The quantitative estimate of drug-likeness (QED) is 0.346. The highest BCUT2D eigenvalue weighted by atomic mass is 15.7. The number of benzene rings is 1. The molecule has 0 saturated carbocycles. The number of hydrogen-bond donors (Lipinski definition) is 3. The SMILES string of the molecule is C#CCCC1(CCN(Cc2cccc(N3CCCC3)c2)C2CCN(c3cc(C)nc(N)n3)CC2)NN1. The van der Waals surface area contributed by atoms with Gasteiger partial charge in [-0.3, -0.25) is 4.90 Å². The highest BCUT2D eigenvalue weighted by Gasteiger charge is 2.41. The number of nitrogens with one attached hydrogen (secondary N) is 2. The first kappa shape index (κ1) is 24.8. The van der Waals surface area contributed by atoms with Gasteiger partial charge in [0, 0.05) is 69.2 Å². The molecule has 0 amide bonds. The van der Waals surface area contributed by atoms with Crippen molar-refractivity contribution in [3.63, 3.8) is 0 Å². The Kier molecular flexibility index (Phi) is 7.61. The maximum atomic E-state index is 5.92. The van der Waals surface area contributed by atoms with Crippen molar-refractivity contribution < 1.29 is 0 Å². The van der Waals surface area contributed by atoms with Crippen LogP contribution in [0.15, 0.2) is 30.3 Å². The first-order valence-corrected chi connectivity index (χ1v) is 13.5. The maximum absolute atomic E-state index is 5.92. The molecule has 3 aliphatic heterocycles. The molecule has 1 aromatic carbocycles. The lowest BCUT2D eigenvalue weighted by Crippen LogP contribution is -2.46. The van der Waals surface area contributed by atoms with Crippen LogP contribution in [0.1, 0.15) is 56.2 Å². The van der Waals surface area contributed by atoms with E-state index >= 15 is 0 Å². The fourth-order valence-electron chi connectivity index (χ4n) is 5.73. The van der Waals surface area contributed by atoms with Gasteiger partial charge < -0.3 is 15.5 Å². The summed E-state index contributed by atoms with van der Waals surface area (Å²) in [5.41, 5.74) is 16.4. The van der Waals surface area contributed by atoms with E-state index in [1.807, 2.05) is 13.0 Å². The van der Waals surface area contributed by atoms with Crippen LogP contribution in [0.3, 0.4) is 0 Å². The summed E-state index contributed by atoms with van der Waals surface area (Å²) in [6.07, 6.45) is 13.1. The van der Waals surface area contributed by atoms with E-state index < -0.39 is 0 Å². The van der Waals surface area contributed by atoms with Crippen molar-refractivity contribution in [2.45, 2.75) is 70.1 Å². The zero-order chi connectivity index (χ0) is 25.0. The third kappa shape index (κ3) is 6.09. The van der Waals surface area contributed by atoms with Gasteiger partial charge in [0.15, 0.2) is 0 Å². The molecule has 0 spiro atoms. The normalized spacial score (nSPS) is 19.6. The predicted molar refractivity (Wildman–Crippen MR) is 146 cm³/mol. The molecular formula is C28H40N8. The molecule has 3 aliphatic rings. The van der Waals surface area contributed by atoms with Crippen molar-refractivity contribution >= 4 is 17.5 Å². The maximum Gasteiger partial charge on any atom is 0.222 e. The van der Waals surface area contributed by atoms with Crippen LogP contribution in [-0.2, 0) is 6.54 Å². The van der Waals surface area contributed by atoms with E-state index in [2.05, 4.69) is 65.7 Å². The summed E-state index contributed by atoms with van der Waals surface area (Å²) >= 11 is 0. The second-order valence-corrected chi connectivity index (χ2v) is 10.6. The van der Waals surface area contributed by atoms with E-state index in [1.54, 1.807) is 0 Å². The van der Waals surface area contributed by atoms with Crippen LogP contribution in [0.25, 0.3) is 0 Å². The zero-order valence-electron chi connectivity index (χ0n) is 21.5. The summed E-state index contributed by atoms with van der Waals surface area (Å²) in [4.78, 5) is 16.3. The minimum Gasteiger partial charge on any atom is -0.372 e. The highest BCUT2D eigenvalue weighted by molar-refractivity contribution is 5.49. The van der Waals surface area contributed by atoms with Crippen LogP contribution in [0.5, 0.6) is 0 Å². The smallest absolute Gasteiger partial charge is 0.222 e. The second-order valence-electron chi connectivity index (χ2n) is 10.6. The molecule has 3 fully saturated rings. The number of nitrogen functional groups attached to an aromatic ring is 1. The average molecular weight is 489 g/mol. The second kappa shape index (κ2) is 11.0. The van der Waals surface area contributed by atoms with Gasteiger partial charge >= 0.3 is 0 Å². The molecule has 0 unspecified atom stereocenters. The molecule has 36 heavy (non-hydrogen) atoms. The van der Waals surface area contributed by atoms with E-state index in [9.17, 15) is 0 Å². The molecule has 0 bridgehead atoms. The number of aromatic nitrogens is 2. The zero-order valence-corrected chi connectivity index (χ0v) is 21.5. The molecule has 0 atom stereocenters. The molecule has 2 aromatic rings. The van der Waals surface area contributed by atoms with Gasteiger partial charge in [0.2, 0.25) is 5.95 Å². The molecule has 4 N–H and O–H groups in total. The number of piperidine rings is 1. The molecule has 5 rings (SSSR count). The Balaban J connectivity index is 1.27. The molecule has 3 saturated heterocycles. The number of terminal acetylenes is 1. The van der Waals surface area contributed by atoms with Crippen LogP contribution in [0.4, 0.5) is 17.5 Å². The molecule has 1 aromatic heterocycles. The Labute approximate surface area is 215 Å². The predicted octanol–water partition coefficient (Wildman–Crippen LogP) is 3.05. The molecule has 4 heterocycles. The van der Waals surface area contributed by atoms with E-state index in [0.717, 1.165) is 69.8 Å². The summed E-state index contributed by atoms with van der Waals surface area (Å²) in [5, 5.41) is 0. The topological polar surface area (TPSA) is 105 Å². The van der Waals surface area contributed by atoms with Crippen molar-refractivity contribution in [3.05, 3.63) is 41.6 Å². The fourth-order valence-corrected chi connectivity index (χ4v) is 5.73. The van der Waals surface area contributed by atoms with Crippen molar-refractivity contribution in [1.29, 1.82) is 0 Å². The van der Waals surface area contributed by atoms with Gasteiger partial charge in [-0.25, -0.2) is 15.8 Å². The largest absolute Gasteiger partial charge is 0.372 e. The number of anilines is 3. The Bertz CT molecular complexity index is 1040. The lowest BCUT2D eigenvalue weighted by molar-refractivity contribution is 0.151. The van der Waals surface area contributed by atoms with Crippen molar-refractivity contribution in [2.75, 3.05) is 48.3 Å². The Hall–Kier alpha value is -2.86. The summed E-state index contributed by atoms with van der Waals surface area (Å²) in [6.45, 7) is 8.27. The number of rotatable bonds is 10. The molecule has 8 nitrogen and oxygen atoms in total. The van der Waals surface area contributed by atoms with Crippen LogP contribution < -0.4 is 26.4 Å². The van der Waals surface area contributed by atoms with Crippen LogP contribution in [-0.4, -0.2) is 59.3 Å². The number of hydrogen-bond acceptors (Lipinski definition) is 8. The first-order chi connectivity index (χ1) is 17.5. The van der Waals surface area contributed by atoms with Gasteiger partial charge in [0.1, 0.15) is 5.82 Å². The minimum absolute atomic E-state index is 0.00126. The van der Waals surface area contributed by atoms with Gasteiger partial charge in [-0.2, -0.15) is 4.98 Å². The van der Waals surface area contributed by atoms with E-state index in [4.69, 9.17) is 12.2 Å². The summed E-state index contributed by atoms with van der Waals surface area (Å²) < 4.78 is 0. The first-order valence-electron chi connectivity index (χ1n) is 13.5. The minimum atomic E-state index is -0.00126. The molecule has 8 heteroatoms. The Morgan fingerprint density at radius 1 is 1.08 bits per heavy atom. The van der Waals surface area contributed by atoms with E-state index in [-0.39, 0.29) is 5.66 Å². The van der Waals surface area contributed by atoms with Gasteiger partial charge in [0.05, 0.1) is 5.66 Å². The fraction of sp³-hybridized carbons (Fsp3) is 0.571. The van der Waals surface area contributed by atoms with Gasteiger partial charge in [0.25, 0.3) is 0 Å². The van der Waals surface area contributed by atoms with E-state index in [1.165, 1.54) is 37.2 Å². The van der Waals surface area contributed by atoms with Crippen LogP contribution in [0, 0.1) is 19.3 Å². The molecular weight excluding hydrogens is 448 g/mol. The molecule has 0 aliphatic carbocycles. The Morgan fingerprint density at radius 2 is 1.86 bits per heavy atom. The molecule has 0 radical (unpaired) electrons. The van der Waals surface area contributed by atoms with Crippen molar-refractivity contribution in [3.8, 4) is 12.3 Å². The number of nitrogens with two attached hydrogens (primary N) is 1. The third-order valence-electron chi connectivity index (χ3n) is 7.93. The number of aryl methyl sites for hydroxylation is 1. The lowest BCUT2D eigenvalue weighted by Gasteiger charge is -2.39. The summed E-state index contributed by atoms with van der Waals surface area (Å²) in [7, 11) is 0. The van der Waals surface area contributed by atoms with E-state index in [0.29, 0.717) is 12.0 Å². The van der Waals surface area contributed by atoms with Crippen LogP contribution in [0.2, 0.25) is 0 Å². The Morgan fingerprint density at radius 3 is 2.56 bits per heavy atom.